The molecule has 0 radical (unpaired) electrons. The van der Waals surface area contributed by atoms with Crippen molar-refractivity contribution >= 4 is 23.2 Å². The average Bonchev–Trinajstić information content (AvgIpc) is 3.22. The molecule has 2 aliphatic heterocycles. The van der Waals surface area contributed by atoms with E-state index in [0.717, 1.165) is 23.2 Å². The van der Waals surface area contributed by atoms with Crippen LogP contribution in [0.3, 0.4) is 0 Å². The molecule has 3 aromatic carbocycles. The highest BCUT2D eigenvalue weighted by Gasteiger charge is 2.32. The molecule has 0 unspecified atom stereocenters. The minimum Gasteiger partial charge on any atom is -0.494 e. The molecule has 0 aliphatic carbocycles. The van der Waals surface area contributed by atoms with Crippen molar-refractivity contribution in [3.8, 4) is 17.2 Å². The van der Waals surface area contributed by atoms with Crippen LogP contribution in [-0.4, -0.2) is 25.5 Å². The van der Waals surface area contributed by atoms with Crippen LogP contribution in [0.25, 0.3) is 0 Å². The van der Waals surface area contributed by atoms with Crippen molar-refractivity contribution in [3.63, 3.8) is 0 Å². The second-order valence-electron chi connectivity index (χ2n) is 7.64. The number of hydrogen-bond acceptors (Lipinski definition) is 4. The second-order valence-corrected chi connectivity index (χ2v) is 7.64. The SMILES string of the molecule is COc1cc(NC(=O)C2c3ccccc3Oc3ccccc32)ccc1N1CCCC1=O. The van der Waals surface area contributed by atoms with Crippen LogP contribution in [-0.2, 0) is 9.59 Å². The zero-order valence-electron chi connectivity index (χ0n) is 17.1. The van der Waals surface area contributed by atoms with Gasteiger partial charge in [-0.1, -0.05) is 36.4 Å². The molecule has 0 bridgehead atoms. The summed E-state index contributed by atoms with van der Waals surface area (Å²) in [5, 5.41) is 3.02. The Kier molecular flexibility index (Phi) is 4.82. The Hall–Kier alpha value is -3.80. The lowest BCUT2D eigenvalue weighted by atomic mass is 9.87. The lowest BCUT2D eigenvalue weighted by Gasteiger charge is -2.27. The summed E-state index contributed by atoms with van der Waals surface area (Å²) in [4.78, 5) is 27.3. The van der Waals surface area contributed by atoms with E-state index in [4.69, 9.17) is 9.47 Å². The molecule has 2 aliphatic rings. The second kappa shape index (κ2) is 7.80. The quantitative estimate of drug-likeness (QED) is 0.672. The van der Waals surface area contributed by atoms with Crippen molar-refractivity contribution in [1.82, 2.24) is 0 Å². The highest BCUT2D eigenvalue weighted by atomic mass is 16.5. The molecule has 3 aromatic rings. The Balaban J connectivity index is 1.46. The lowest BCUT2D eigenvalue weighted by Crippen LogP contribution is -2.26. The van der Waals surface area contributed by atoms with Gasteiger partial charge in [0.2, 0.25) is 11.8 Å². The standard InChI is InChI=1S/C25H22N2O4/c1-30-22-15-16(12-13-19(22)27-14-6-11-23(27)28)26-25(29)24-17-7-2-4-9-20(17)31-21-10-5-3-8-18(21)24/h2-5,7-10,12-13,15,24H,6,11,14H2,1H3,(H,26,29). The van der Waals surface area contributed by atoms with Gasteiger partial charge in [0.25, 0.3) is 0 Å². The van der Waals surface area contributed by atoms with Crippen molar-refractivity contribution in [2.24, 2.45) is 0 Å². The van der Waals surface area contributed by atoms with Gasteiger partial charge in [-0.3, -0.25) is 9.59 Å². The van der Waals surface area contributed by atoms with Crippen molar-refractivity contribution in [2.45, 2.75) is 18.8 Å². The third kappa shape index (κ3) is 3.40. The van der Waals surface area contributed by atoms with E-state index in [1.807, 2.05) is 54.6 Å². The van der Waals surface area contributed by atoms with E-state index in [1.54, 1.807) is 24.1 Å². The summed E-state index contributed by atoms with van der Waals surface area (Å²) in [5.41, 5.74) is 2.98. The van der Waals surface area contributed by atoms with Crippen molar-refractivity contribution in [2.75, 3.05) is 23.9 Å². The fourth-order valence-electron chi connectivity index (χ4n) is 4.29. The maximum atomic E-state index is 13.4. The van der Waals surface area contributed by atoms with Gasteiger partial charge in [-0.15, -0.1) is 0 Å². The molecule has 6 heteroatoms. The number of amides is 2. The number of carbonyl (C=O) groups excluding carboxylic acids is 2. The Labute approximate surface area is 180 Å². The molecule has 2 amide bonds. The Bertz CT molecular complexity index is 1130. The summed E-state index contributed by atoms with van der Waals surface area (Å²) >= 11 is 0. The molecule has 1 N–H and O–H groups in total. The summed E-state index contributed by atoms with van der Waals surface area (Å²) in [6.45, 7) is 0.677. The van der Waals surface area contributed by atoms with Crippen LogP contribution in [0, 0.1) is 0 Å². The van der Waals surface area contributed by atoms with Crippen LogP contribution in [0.2, 0.25) is 0 Å². The van der Waals surface area contributed by atoms with Gasteiger partial charge in [0.15, 0.2) is 0 Å². The highest BCUT2D eigenvalue weighted by molar-refractivity contribution is 6.01. The summed E-state index contributed by atoms with van der Waals surface area (Å²) < 4.78 is 11.5. The highest BCUT2D eigenvalue weighted by Crippen LogP contribution is 2.44. The van der Waals surface area contributed by atoms with E-state index in [2.05, 4.69) is 5.32 Å². The van der Waals surface area contributed by atoms with Gasteiger partial charge in [0, 0.05) is 35.8 Å². The maximum absolute atomic E-state index is 13.4. The van der Waals surface area contributed by atoms with Crippen molar-refractivity contribution < 1.29 is 19.1 Å². The number of ether oxygens (including phenoxy) is 2. The van der Waals surface area contributed by atoms with Gasteiger partial charge in [0.1, 0.15) is 17.2 Å². The number of fused-ring (bicyclic) bond motifs is 2. The molecule has 2 heterocycles. The topological polar surface area (TPSA) is 67.9 Å². The molecule has 31 heavy (non-hydrogen) atoms. The number of methoxy groups -OCH3 is 1. The molecule has 156 valence electrons. The van der Waals surface area contributed by atoms with Crippen LogP contribution >= 0.6 is 0 Å². The number of benzene rings is 3. The molecule has 0 aromatic heterocycles. The zero-order chi connectivity index (χ0) is 21.4. The number of para-hydroxylation sites is 2. The summed E-state index contributed by atoms with van der Waals surface area (Å²) in [6, 6.07) is 20.6. The molecule has 1 fully saturated rings. The van der Waals surface area contributed by atoms with Crippen LogP contribution in [0.15, 0.2) is 66.7 Å². The monoisotopic (exact) mass is 414 g/mol. The van der Waals surface area contributed by atoms with Gasteiger partial charge in [0.05, 0.1) is 18.7 Å². The van der Waals surface area contributed by atoms with Crippen LogP contribution in [0.5, 0.6) is 17.2 Å². The van der Waals surface area contributed by atoms with E-state index in [1.165, 1.54) is 0 Å². The molecular weight excluding hydrogens is 392 g/mol. The summed E-state index contributed by atoms with van der Waals surface area (Å²) in [5.74, 6) is 1.36. The predicted octanol–water partition coefficient (Wildman–Crippen LogP) is 4.70. The smallest absolute Gasteiger partial charge is 0.236 e. The molecule has 0 saturated carbocycles. The first-order chi connectivity index (χ1) is 15.2. The van der Waals surface area contributed by atoms with E-state index in [-0.39, 0.29) is 11.8 Å². The van der Waals surface area contributed by atoms with Crippen LogP contribution in [0.4, 0.5) is 11.4 Å². The summed E-state index contributed by atoms with van der Waals surface area (Å²) in [7, 11) is 1.57. The predicted molar refractivity (Wildman–Crippen MR) is 118 cm³/mol. The Morgan fingerprint density at radius 1 is 1.03 bits per heavy atom. The minimum atomic E-state index is -0.494. The molecule has 5 rings (SSSR count). The third-order valence-electron chi connectivity index (χ3n) is 5.75. The van der Waals surface area contributed by atoms with E-state index < -0.39 is 5.92 Å². The number of nitrogens with zero attached hydrogens (tertiary/aromatic N) is 1. The average molecular weight is 414 g/mol. The third-order valence-corrected chi connectivity index (χ3v) is 5.75. The number of nitrogens with one attached hydrogen (secondary N) is 1. The first-order valence-electron chi connectivity index (χ1n) is 10.3. The summed E-state index contributed by atoms with van der Waals surface area (Å²) in [6.07, 6.45) is 1.38. The van der Waals surface area contributed by atoms with Crippen LogP contribution in [0.1, 0.15) is 29.9 Å². The normalized spacial score (nSPS) is 15.1. The van der Waals surface area contributed by atoms with Crippen molar-refractivity contribution in [1.29, 1.82) is 0 Å². The van der Waals surface area contributed by atoms with Gasteiger partial charge < -0.3 is 19.7 Å². The molecular formula is C25H22N2O4. The van der Waals surface area contributed by atoms with E-state index in [9.17, 15) is 9.59 Å². The minimum absolute atomic E-state index is 0.0884. The molecule has 6 nitrogen and oxygen atoms in total. The Morgan fingerprint density at radius 2 is 1.71 bits per heavy atom. The van der Waals surface area contributed by atoms with Gasteiger partial charge in [-0.05, 0) is 30.7 Å². The van der Waals surface area contributed by atoms with E-state index in [0.29, 0.717) is 35.9 Å². The largest absolute Gasteiger partial charge is 0.494 e. The van der Waals surface area contributed by atoms with Gasteiger partial charge in [-0.25, -0.2) is 0 Å². The van der Waals surface area contributed by atoms with Gasteiger partial charge >= 0.3 is 0 Å². The number of anilines is 2. The molecule has 1 saturated heterocycles. The molecule has 0 spiro atoms. The fraction of sp³-hybridized carbons (Fsp3) is 0.200. The first kappa shape index (κ1) is 19.2. The number of hydrogen-bond donors (Lipinski definition) is 1. The maximum Gasteiger partial charge on any atom is 0.236 e. The van der Waals surface area contributed by atoms with Crippen molar-refractivity contribution in [3.05, 3.63) is 77.9 Å². The van der Waals surface area contributed by atoms with E-state index >= 15 is 0 Å². The van der Waals surface area contributed by atoms with Gasteiger partial charge in [-0.2, -0.15) is 0 Å². The van der Waals surface area contributed by atoms with Crippen LogP contribution < -0.4 is 19.7 Å². The Morgan fingerprint density at radius 3 is 2.32 bits per heavy atom. The zero-order valence-corrected chi connectivity index (χ0v) is 17.1. The fourth-order valence-corrected chi connectivity index (χ4v) is 4.29. The molecule has 0 atom stereocenters. The number of carbonyl (C=O) groups is 2. The first-order valence-corrected chi connectivity index (χ1v) is 10.3. The lowest BCUT2D eigenvalue weighted by molar-refractivity contribution is -0.117. The number of rotatable bonds is 4.